The molecule has 4 heteroatoms. The van der Waals surface area contributed by atoms with E-state index in [1.165, 1.54) is 0 Å². The van der Waals surface area contributed by atoms with E-state index in [-0.39, 0.29) is 6.10 Å². The van der Waals surface area contributed by atoms with E-state index in [0.29, 0.717) is 19.8 Å². The maximum absolute atomic E-state index is 8.91. The number of aliphatic hydroxyl groups is 1. The summed E-state index contributed by atoms with van der Waals surface area (Å²) in [6.45, 7) is 5.36. The molecule has 80 valence electrons. The highest BCUT2D eigenvalue weighted by Gasteiger charge is 1.93. The standard InChI is InChI=1S/C9H21NO3/c1-9(11)8-10-4-3-5-13-7-6-12-2/h9-11H,3-8H2,1-2H3/t9-/m1/s1. The number of rotatable bonds is 9. The van der Waals surface area contributed by atoms with Crippen LogP contribution in [0.3, 0.4) is 0 Å². The molecule has 0 radical (unpaired) electrons. The largest absolute Gasteiger partial charge is 0.392 e. The molecule has 4 nitrogen and oxygen atoms in total. The molecule has 0 rings (SSSR count). The molecule has 0 heterocycles. The Morgan fingerprint density at radius 1 is 1.31 bits per heavy atom. The second kappa shape index (κ2) is 9.92. The van der Waals surface area contributed by atoms with Gasteiger partial charge in [-0.3, -0.25) is 0 Å². The van der Waals surface area contributed by atoms with Crippen LogP contribution in [0.5, 0.6) is 0 Å². The van der Waals surface area contributed by atoms with Crippen LogP contribution in [-0.4, -0.2) is 51.2 Å². The van der Waals surface area contributed by atoms with Crippen LogP contribution in [-0.2, 0) is 9.47 Å². The van der Waals surface area contributed by atoms with Crippen LogP contribution in [0.1, 0.15) is 13.3 Å². The number of nitrogens with one attached hydrogen (secondary N) is 1. The topological polar surface area (TPSA) is 50.7 Å². The predicted molar refractivity (Wildman–Crippen MR) is 51.9 cm³/mol. The van der Waals surface area contributed by atoms with E-state index >= 15 is 0 Å². The Hall–Kier alpha value is -0.160. The smallest absolute Gasteiger partial charge is 0.0700 e. The Kier molecular flexibility index (Phi) is 9.80. The normalized spacial score (nSPS) is 13.2. The van der Waals surface area contributed by atoms with E-state index in [1.54, 1.807) is 14.0 Å². The molecule has 0 bridgehead atoms. The fraction of sp³-hybridized carbons (Fsp3) is 1.00. The SMILES string of the molecule is COCCOCCCNC[C@@H](C)O. The molecule has 0 aromatic carbocycles. The average Bonchev–Trinajstić information content (AvgIpc) is 2.09. The second-order valence-corrected chi connectivity index (χ2v) is 3.01. The van der Waals surface area contributed by atoms with Crippen molar-refractivity contribution in [1.29, 1.82) is 0 Å². The minimum Gasteiger partial charge on any atom is -0.392 e. The van der Waals surface area contributed by atoms with Crippen molar-refractivity contribution in [3.63, 3.8) is 0 Å². The maximum atomic E-state index is 8.91. The van der Waals surface area contributed by atoms with Crippen LogP contribution in [0, 0.1) is 0 Å². The van der Waals surface area contributed by atoms with Gasteiger partial charge in [0.25, 0.3) is 0 Å². The molecule has 0 aliphatic heterocycles. The molecule has 2 N–H and O–H groups in total. The van der Waals surface area contributed by atoms with E-state index in [0.717, 1.165) is 19.6 Å². The first-order valence-corrected chi connectivity index (χ1v) is 4.73. The number of methoxy groups -OCH3 is 1. The number of hydrogen-bond acceptors (Lipinski definition) is 4. The molecule has 0 aliphatic rings. The summed E-state index contributed by atoms with van der Waals surface area (Å²) in [7, 11) is 1.66. The fourth-order valence-corrected chi connectivity index (χ4v) is 0.855. The molecule has 0 fully saturated rings. The first-order valence-electron chi connectivity index (χ1n) is 4.73. The van der Waals surface area contributed by atoms with Crippen molar-refractivity contribution in [2.45, 2.75) is 19.4 Å². The Morgan fingerprint density at radius 3 is 2.69 bits per heavy atom. The van der Waals surface area contributed by atoms with Crippen molar-refractivity contribution < 1.29 is 14.6 Å². The molecule has 0 spiro atoms. The number of hydrogen-bond donors (Lipinski definition) is 2. The molecule has 1 atom stereocenters. The molecule has 0 saturated carbocycles. The lowest BCUT2D eigenvalue weighted by Crippen LogP contribution is -2.26. The molecule has 0 amide bonds. The lowest BCUT2D eigenvalue weighted by Gasteiger charge is -2.06. The van der Waals surface area contributed by atoms with Gasteiger partial charge in [-0.15, -0.1) is 0 Å². The summed E-state index contributed by atoms with van der Waals surface area (Å²) >= 11 is 0. The van der Waals surface area contributed by atoms with Crippen molar-refractivity contribution in [2.75, 3.05) is 40.0 Å². The second-order valence-electron chi connectivity index (χ2n) is 3.01. The van der Waals surface area contributed by atoms with Crippen LogP contribution in [0.25, 0.3) is 0 Å². The van der Waals surface area contributed by atoms with Gasteiger partial charge in [-0.1, -0.05) is 0 Å². The lowest BCUT2D eigenvalue weighted by atomic mass is 10.4. The van der Waals surface area contributed by atoms with Crippen molar-refractivity contribution >= 4 is 0 Å². The summed E-state index contributed by atoms with van der Waals surface area (Å²) in [5, 5.41) is 12.0. The van der Waals surface area contributed by atoms with E-state index in [4.69, 9.17) is 14.6 Å². The van der Waals surface area contributed by atoms with Gasteiger partial charge in [-0.05, 0) is 19.9 Å². The van der Waals surface area contributed by atoms with Gasteiger partial charge < -0.3 is 19.9 Å². The lowest BCUT2D eigenvalue weighted by molar-refractivity contribution is 0.0691. The van der Waals surface area contributed by atoms with Gasteiger partial charge in [0, 0.05) is 20.3 Å². The zero-order chi connectivity index (χ0) is 9.94. The number of ether oxygens (including phenoxy) is 2. The van der Waals surface area contributed by atoms with E-state index < -0.39 is 0 Å². The van der Waals surface area contributed by atoms with Gasteiger partial charge in [0.05, 0.1) is 19.3 Å². The predicted octanol–water partition coefficient (Wildman–Crippen LogP) is 0.00990. The third kappa shape index (κ3) is 11.8. The summed E-state index contributed by atoms with van der Waals surface area (Å²) in [4.78, 5) is 0. The van der Waals surface area contributed by atoms with Crippen LogP contribution in [0.4, 0.5) is 0 Å². The molecule has 0 saturated heterocycles. The molecular weight excluding hydrogens is 170 g/mol. The highest BCUT2D eigenvalue weighted by molar-refractivity contribution is 4.52. The van der Waals surface area contributed by atoms with Crippen molar-refractivity contribution in [3.8, 4) is 0 Å². The van der Waals surface area contributed by atoms with Gasteiger partial charge in [-0.25, -0.2) is 0 Å². The van der Waals surface area contributed by atoms with Crippen LogP contribution in [0.15, 0.2) is 0 Å². The van der Waals surface area contributed by atoms with Gasteiger partial charge in [0.15, 0.2) is 0 Å². The fourth-order valence-electron chi connectivity index (χ4n) is 0.855. The highest BCUT2D eigenvalue weighted by atomic mass is 16.5. The van der Waals surface area contributed by atoms with Crippen LogP contribution in [0.2, 0.25) is 0 Å². The first-order chi connectivity index (χ1) is 6.27. The Balaban J connectivity index is 2.84. The molecular formula is C9H21NO3. The zero-order valence-corrected chi connectivity index (χ0v) is 8.58. The van der Waals surface area contributed by atoms with Crippen LogP contribution < -0.4 is 5.32 Å². The highest BCUT2D eigenvalue weighted by Crippen LogP contribution is 1.82. The molecule has 0 aliphatic carbocycles. The Labute approximate surface area is 80.2 Å². The summed E-state index contributed by atoms with van der Waals surface area (Å²) in [5.41, 5.74) is 0. The monoisotopic (exact) mass is 191 g/mol. The summed E-state index contributed by atoms with van der Waals surface area (Å²) in [5.74, 6) is 0. The quantitative estimate of drug-likeness (QED) is 0.504. The van der Waals surface area contributed by atoms with Gasteiger partial charge >= 0.3 is 0 Å². The summed E-state index contributed by atoms with van der Waals surface area (Å²) < 4.78 is 10.1. The average molecular weight is 191 g/mol. The Bertz CT molecular complexity index is 98.9. The third-order valence-electron chi connectivity index (χ3n) is 1.51. The van der Waals surface area contributed by atoms with Gasteiger partial charge in [0.1, 0.15) is 0 Å². The van der Waals surface area contributed by atoms with Gasteiger partial charge in [-0.2, -0.15) is 0 Å². The number of aliphatic hydroxyl groups excluding tert-OH is 1. The van der Waals surface area contributed by atoms with E-state index in [2.05, 4.69) is 5.32 Å². The zero-order valence-electron chi connectivity index (χ0n) is 8.58. The van der Waals surface area contributed by atoms with Crippen molar-refractivity contribution in [2.24, 2.45) is 0 Å². The maximum Gasteiger partial charge on any atom is 0.0700 e. The van der Waals surface area contributed by atoms with Crippen molar-refractivity contribution in [1.82, 2.24) is 5.32 Å². The minimum absolute atomic E-state index is 0.269. The minimum atomic E-state index is -0.269. The van der Waals surface area contributed by atoms with E-state index in [9.17, 15) is 0 Å². The third-order valence-corrected chi connectivity index (χ3v) is 1.51. The molecule has 0 aromatic rings. The first kappa shape index (κ1) is 12.8. The summed E-state index contributed by atoms with van der Waals surface area (Å²) in [6, 6.07) is 0. The molecule has 0 aromatic heterocycles. The van der Waals surface area contributed by atoms with Crippen molar-refractivity contribution in [3.05, 3.63) is 0 Å². The Morgan fingerprint density at radius 2 is 2.08 bits per heavy atom. The van der Waals surface area contributed by atoms with Crippen LogP contribution >= 0.6 is 0 Å². The summed E-state index contributed by atoms with van der Waals surface area (Å²) in [6.07, 6.45) is 0.700. The van der Waals surface area contributed by atoms with Gasteiger partial charge in [0.2, 0.25) is 0 Å². The molecule has 0 unspecified atom stereocenters. The van der Waals surface area contributed by atoms with E-state index in [1.807, 2.05) is 0 Å². The molecule has 13 heavy (non-hydrogen) atoms.